The number of carbonyl (C=O) groups is 2. The van der Waals surface area contributed by atoms with Crippen LogP contribution in [0, 0.1) is 0 Å². The molecule has 0 aromatic heterocycles. The van der Waals surface area contributed by atoms with Crippen molar-refractivity contribution in [3.05, 3.63) is 53.1 Å². The highest BCUT2D eigenvalue weighted by atomic mass is 16.6. The van der Waals surface area contributed by atoms with Crippen molar-refractivity contribution in [1.29, 1.82) is 0 Å². The number of fused-ring (bicyclic) bond motifs is 1. The number of morpholine rings is 1. The summed E-state index contributed by atoms with van der Waals surface area (Å²) in [6.07, 6.45) is 0.653. The van der Waals surface area contributed by atoms with Crippen molar-refractivity contribution in [2.24, 2.45) is 0 Å². The predicted octanol–water partition coefficient (Wildman–Crippen LogP) is 2.62. The summed E-state index contributed by atoms with van der Waals surface area (Å²) >= 11 is 0. The van der Waals surface area contributed by atoms with Crippen LogP contribution < -0.4 is 18.9 Å². The van der Waals surface area contributed by atoms with Crippen LogP contribution in [0.4, 0.5) is 0 Å². The third-order valence-corrected chi connectivity index (χ3v) is 7.06. The zero-order chi connectivity index (χ0) is 26.6. The number of amides is 1. The molecule has 0 saturated carbocycles. The first-order valence-electron chi connectivity index (χ1n) is 12.7. The van der Waals surface area contributed by atoms with E-state index in [1.165, 1.54) is 12.0 Å². The number of likely N-dealkylation sites (tertiary alicyclic amines) is 1. The fourth-order valence-electron chi connectivity index (χ4n) is 5.12. The number of aliphatic hydroxyl groups excluding tert-OH is 1. The summed E-state index contributed by atoms with van der Waals surface area (Å²) in [6.45, 7) is 4.92. The first-order chi connectivity index (χ1) is 18.5. The highest BCUT2D eigenvalue weighted by Gasteiger charge is 2.47. The van der Waals surface area contributed by atoms with E-state index in [-0.39, 0.29) is 11.3 Å². The van der Waals surface area contributed by atoms with E-state index in [2.05, 4.69) is 4.90 Å². The van der Waals surface area contributed by atoms with Crippen LogP contribution in [0.25, 0.3) is 5.76 Å². The Balaban J connectivity index is 1.55. The molecule has 3 aliphatic heterocycles. The summed E-state index contributed by atoms with van der Waals surface area (Å²) in [7, 11) is 3.07. The summed E-state index contributed by atoms with van der Waals surface area (Å²) < 4.78 is 27.7. The summed E-state index contributed by atoms with van der Waals surface area (Å²) in [5.74, 6) is 0.339. The third-order valence-electron chi connectivity index (χ3n) is 7.06. The van der Waals surface area contributed by atoms with Crippen molar-refractivity contribution in [2.75, 3.05) is 66.8 Å². The second-order valence-corrected chi connectivity index (χ2v) is 9.27. The smallest absolute Gasteiger partial charge is 0.295 e. The van der Waals surface area contributed by atoms with E-state index in [0.29, 0.717) is 73.5 Å². The maximum atomic E-state index is 13.5. The van der Waals surface area contributed by atoms with Crippen molar-refractivity contribution in [3.63, 3.8) is 0 Å². The number of hydrogen-bond acceptors (Lipinski definition) is 9. The molecule has 1 atom stereocenters. The van der Waals surface area contributed by atoms with Gasteiger partial charge in [0.1, 0.15) is 30.5 Å². The fraction of sp³-hybridized carbons (Fsp3) is 0.429. The molecule has 0 spiro atoms. The Labute approximate surface area is 221 Å². The summed E-state index contributed by atoms with van der Waals surface area (Å²) in [5, 5.41) is 11.5. The molecule has 2 saturated heterocycles. The molecule has 0 radical (unpaired) electrons. The summed E-state index contributed by atoms with van der Waals surface area (Å²) in [4.78, 5) is 30.6. The summed E-state index contributed by atoms with van der Waals surface area (Å²) in [5.41, 5.74) is 0.897. The molecule has 5 rings (SSSR count). The monoisotopic (exact) mass is 524 g/mol. The van der Waals surface area contributed by atoms with E-state index in [1.807, 2.05) is 0 Å². The molecule has 1 amide bonds. The fourth-order valence-corrected chi connectivity index (χ4v) is 5.12. The predicted molar refractivity (Wildman–Crippen MR) is 138 cm³/mol. The van der Waals surface area contributed by atoms with Gasteiger partial charge in [0.2, 0.25) is 0 Å². The number of Topliss-reactive ketones (excluding diaryl/α,β-unsaturated/α-hetero) is 1. The van der Waals surface area contributed by atoms with E-state index < -0.39 is 17.7 Å². The average molecular weight is 525 g/mol. The van der Waals surface area contributed by atoms with E-state index in [4.69, 9.17) is 23.7 Å². The van der Waals surface area contributed by atoms with Gasteiger partial charge in [-0.15, -0.1) is 0 Å². The molecule has 2 aromatic rings. The standard InChI is InChI=1S/C28H32N2O8/c1-34-19-5-7-21(35-2)20(17-19)25-24(26(31)18-4-6-22-23(16-18)38-15-14-37-22)27(32)28(33)30(25)9-3-8-29-10-12-36-13-11-29/h4-7,16-17,25,31H,3,8-15H2,1-2H3. The SMILES string of the molecule is COc1ccc(OC)c(C2C(=C(O)c3ccc4c(c3)OCCO4)C(=O)C(=O)N2CCCN2CCOCC2)c1. The lowest BCUT2D eigenvalue weighted by atomic mass is 9.94. The molecular weight excluding hydrogens is 492 g/mol. The van der Waals surface area contributed by atoms with Crippen LogP contribution in [-0.4, -0.2) is 93.4 Å². The Morgan fingerprint density at radius 3 is 2.45 bits per heavy atom. The number of ether oxygens (including phenoxy) is 5. The van der Waals surface area contributed by atoms with Crippen molar-refractivity contribution in [1.82, 2.24) is 9.80 Å². The maximum absolute atomic E-state index is 13.5. The highest BCUT2D eigenvalue weighted by Crippen LogP contribution is 2.44. The van der Waals surface area contributed by atoms with Gasteiger partial charge in [-0.3, -0.25) is 14.5 Å². The van der Waals surface area contributed by atoms with Crippen LogP contribution >= 0.6 is 0 Å². The normalized spacial score (nSPS) is 21.0. The van der Waals surface area contributed by atoms with Crippen molar-refractivity contribution in [3.8, 4) is 23.0 Å². The lowest BCUT2D eigenvalue weighted by Gasteiger charge is -2.29. The molecule has 2 aromatic carbocycles. The number of rotatable bonds is 8. The van der Waals surface area contributed by atoms with Crippen LogP contribution in [0.1, 0.15) is 23.6 Å². The molecule has 1 unspecified atom stereocenters. The van der Waals surface area contributed by atoms with E-state index >= 15 is 0 Å². The molecule has 2 fully saturated rings. The molecule has 3 heterocycles. The number of benzene rings is 2. The molecule has 0 bridgehead atoms. The minimum Gasteiger partial charge on any atom is -0.507 e. The van der Waals surface area contributed by atoms with Gasteiger partial charge in [0.25, 0.3) is 11.7 Å². The number of hydrogen-bond donors (Lipinski definition) is 1. The van der Waals surface area contributed by atoms with Crippen LogP contribution in [0.3, 0.4) is 0 Å². The minimum absolute atomic E-state index is 0.00963. The van der Waals surface area contributed by atoms with E-state index in [0.717, 1.165) is 19.6 Å². The Kier molecular flexibility index (Phi) is 7.71. The van der Waals surface area contributed by atoms with E-state index in [1.54, 1.807) is 43.5 Å². The first kappa shape index (κ1) is 25.9. The molecular formula is C28H32N2O8. The number of aliphatic hydroxyl groups is 1. The van der Waals surface area contributed by atoms with Gasteiger partial charge in [-0.2, -0.15) is 0 Å². The molecule has 38 heavy (non-hydrogen) atoms. The molecule has 202 valence electrons. The third kappa shape index (κ3) is 5.01. The number of nitrogens with zero attached hydrogens (tertiary/aromatic N) is 2. The number of carbonyl (C=O) groups excluding carboxylic acids is 2. The lowest BCUT2D eigenvalue weighted by Crippen LogP contribution is -2.39. The Morgan fingerprint density at radius 2 is 1.71 bits per heavy atom. The van der Waals surface area contributed by atoms with Crippen LogP contribution in [0.2, 0.25) is 0 Å². The van der Waals surface area contributed by atoms with Gasteiger partial charge in [0.05, 0.1) is 39.0 Å². The molecule has 10 heteroatoms. The van der Waals surface area contributed by atoms with Crippen molar-refractivity contribution < 1.29 is 38.4 Å². The Bertz CT molecular complexity index is 1240. The largest absolute Gasteiger partial charge is 0.507 e. The lowest BCUT2D eigenvalue weighted by molar-refractivity contribution is -0.140. The maximum Gasteiger partial charge on any atom is 0.295 e. The minimum atomic E-state index is -0.863. The average Bonchev–Trinajstić information content (AvgIpc) is 3.21. The van der Waals surface area contributed by atoms with Crippen LogP contribution in [-0.2, 0) is 14.3 Å². The zero-order valence-electron chi connectivity index (χ0n) is 21.6. The van der Waals surface area contributed by atoms with Gasteiger partial charge in [-0.25, -0.2) is 0 Å². The molecule has 0 aliphatic carbocycles. The summed E-state index contributed by atoms with van der Waals surface area (Å²) in [6, 6.07) is 9.30. The molecule has 3 aliphatic rings. The Morgan fingerprint density at radius 1 is 0.947 bits per heavy atom. The van der Waals surface area contributed by atoms with Crippen LogP contribution in [0.15, 0.2) is 42.0 Å². The Hall–Kier alpha value is -3.76. The van der Waals surface area contributed by atoms with Crippen molar-refractivity contribution >= 4 is 17.4 Å². The number of methoxy groups -OCH3 is 2. The quantitative estimate of drug-likeness (QED) is 0.317. The number of ketones is 1. The van der Waals surface area contributed by atoms with Gasteiger partial charge in [-0.05, 0) is 42.8 Å². The van der Waals surface area contributed by atoms with Gasteiger partial charge >= 0.3 is 0 Å². The van der Waals surface area contributed by atoms with Gasteiger partial charge in [0.15, 0.2) is 11.5 Å². The topological polar surface area (TPSA) is 107 Å². The zero-order valence-corrected chi connectivity index (χ0v) is 21.6. The highest BCUT2D eigenvalue weighted by molar-refractivity contribution is 6.46. The first-order valence-corrected chi connectivity index (χ1v) is 12.7. The van der Waals surface area contributed by atoms with E-state index in [9.17, 15) is 14.7 Å². The van der Waals surface area contributed by atoms with Gasteiger partial charge < -0.3 is 33.7 Å². The van der Waals surface area contributed by atoms with Gasteiger partial charge in [-0.1, -0.05) is 0 Å². The second kappa shape index (κ2) is 11.3. The second-order valence-electron chi connectivity index (χ2n) is 9.27. The van der Waals surface area contributed by atoms with Crippen LogP contribution in [0.5, 0.6) is 23.0 Å². The molecule has 10 nitrogen and oxygen atoms in total. The molecule has 1 N–H and O–H groups in total. The van der Waals surface area contributed by atoms with Gasteiger partial charge in [0, 0.05) is 37.3 Å². The van der Waals surface area contributed by atoms with Crippen molar-refractivity contribution in [2.45, 2.75) is 12.5 Å².